The summed E-state index contributed by atoms with van der Waals surface area (Å²) < 4.78 is 0. The smallest absolute Gasteiger partial charge is 0.129 e. The molecule has 0 spiro atoms. The summed E-state index contributed by atoms with van der Waals surface area (Å²) in [7, 11) is 0. The molecule has 1 fully saturated rings. The van der Waals surface area contributed by atoms with Crippen molar-refractivity contribution in [1.29, 1.82) is 0 Å². The van der Waals surface area contributed by atoms with Crippen molar-refractivity contribution < 1.29 is 0 Å². The molecular weight excluding hydrogens is 222 g/mol. The van der Waals surface area contributed by atoms with Crippen molar-refractivity contribution in [3.63, 3.8) is 0 Å². The first-order valence-corrected chi connectivity index (χ1v) is 7.27. The van der Waals surface area contributed by atoms with Crippen molar-refractivity contribution in [2.45, 2.75) is 52.1 Å². The van der Waals surface area contributed by atoms with Crippen LogP contribution in [-0.2, 0) is 6.54 Å². The second kappa shape index (κ2) is 6.74. The van der Waals surface area contributed by atoms with E-state index in [-0.39, 0.29) is 0 Å². The second-order valence-corrected chi connectivity index (χ2v) is 5.12. The summed E-state index contributed by atoms with van der Waals surface area (Å²) in [6, 6.07) is 5.11. The van der Waals surface area contributed by atoms with Crippen LogP contribution < -0.4 is 10.2 Å². The standard InChI is InChI=1S/C15H25N3/c1-3-8-16-12-13-7-9-17-15(11-13)18(10-4-2)14-5-6-14/h7,9,11,14,16H,3-6,8,10,12H2,1-2H3. The highest BCUT2D eigenvalue weighted by Gasteiger charge is 2.29. The molecule has 1 heterocycles. The molecule has 3 nitrogen and oxygen atoms in total. The topological polar surface area (TPSA) is 28.2 Å². The Morgan fingerprint density at radius 3 is 2.83 bits per heavy atom. The zero-order valence-corrected chi connectivity index (χ0v) is 11.7. The van der Waals surface area contributed by atoms with Crippen LogP contribution in [0.2, 0.25) is 0 Å². The van der Waals surface area contributed by atoms with E-state index in [2.05, 4.69) is 41.2 Å². The SMILES string of the molecule is CCCNCc1ccnc(N(CCC)C2CC2)c1. The maximum Gasteiger partial charge on any atom is 0.129 e. The van der Waals surface area contributed by atoms with Crippen molar-refractivity contribution in [3.8, 4) is 0 Å². The molecule has 1 aromatic heterocycles. The van der Waals surface area contributed by atoms with Gasteiger partial charge in [-0.1, -0.05) is 13.8 Å². The van der Waals surface area contributed by atoms with Gasteiger partial charge in [-0.15, -0.1) is 0 Å². The van der Waals surface area contributed by atoms with E-state index in [0.29, 0.717) is 0 Å². The molecule has 0 aliphatic heterocycles. The summed E-state index contributed by atoms with van der Waals surface area (Å²) in [5, 5.41) is 3.45. The predicted octanol–water partition coefficient (Wildman–Crippen LogP) is 2.96. The molecule has 2 rings (SSSR count). The molecule has 1 aliphatic rings. The van der Waals surface area contributed by atoms with E-state index in [4.69, 9.17) is 0 Å². The molecule has 18 heavy (non-hydrogen) atoms. The Kier molecular flexibility index (Phi) is 5.00. The van der Waals surface area contributed by atoms with Gasteiger partial charge >= 0.3 is 0 Å². The van der Waals surface area contributed by atoms with E-state index in [1.807, 2.05) is 6.20 Å². The minimum Gasteiger partial charge on any atom is -0.354 e. The lowest BCUT2D eigenvalue weighted by atomic mass is 10.2. The molecule has 1 saturated carbocycles. The Balaban J connectivity index is 2.00. The lowest BCUT2D eigenvalue weighted by molar-refractivity contribution is 0.673. The lowest BCUT2D eigenvalue weighted by Gasteiger charge is -2.23. The molecule has 0 radical (unpaired) electrons. The number of hydrogen-bond acceptors (Lipinski definition) is 3. The molecule has 0 amide bonds. The van der Waals surface area contributed by atoms with Gasteiger partial charge in [0.05, 0.1) is 0 Å². The number of rotatable bonds is 8. The van der Waals surface area contributed by atoms with Gasteiger partial charge in [-0.25, -0.2) is 4.98 Å². The molecule has 0 bridgehead atoms. The maximum atomic E-state index is 4.55. The molecule has 0 atom stereocenters. The van der Waals surface area contributed by atoms with Crippen LogP contribution in [0.1, 0.15) is 45.1 Å². The van der Waals surface area contributed by atoms with Gasteiger partial charge in [0.2, 0.25) is 0 Å². The molecule has 0 saturated heterocycles. The highest BCUT2D eigenvalue weighted by atomic mass is 15.2. The van der Waals surface area contributed by atoms with Crippen molar-refractivity contribution in [2.75, 3.05) is 18.0 Å². The number of nitrogens with zero attached hydrogens (tertiary/aromatic N) is 2. The van der Waals surface area contributed by atoms with E-state index in [1.54, 1.807) is 0 Å². The fourth-order valence-corrected chi connectivity index (χ4v) is 2.25. The normalized spacial score (nSPS) is 14.8. The van der Waals surface area contributed by atoms with Crippen LogP contribution in [0.15, 0.2) is 18.3 Å². The van der Waals surface area contributed by atoms with Crippen LogP contribution in [-0.4, -0.2) is 24.1 Å². The Bertz CT molecular complexity index is 361. The van der Waals surface area contributed by atoms with Crippen molar-refractivity contribution in [1.82, 2.24) is 10.3 Å². The van der Waals surface area contributed by atoms with Gasteiger partial charge < -0.3 is 10.2 Å². The first-order chi connectivity index (χ1) is 8.85. The van der Waals surface area contributed by atoms with Gasteiger partial charge in [0.1, 0.15) is 5.82 Å². The van der Waals surface area contributed by atoms with E-state index in [1.165, 1.54) is 31.2 Å². The molecule has 100 valence electrons. The Hall–Kier alpha value is -1.09. The molecule has 1 N–H and O–H groups in total. The molecule has 1 aliphatic carbocycles. The molecular formula is C15H25N3. The van der Waals surface area contributed by atoms with Crippen LogP contribution >= 0.6 is 0 Å². The minimum atomic E-state index is 0.747. The molecule has 1 aromatic rings. The first kappa shape index (κ1) is 13.3. The lowest BCUT2D eigenvalue weighted by Crippen LogP contribution is -2.27. The van der Waals surface area contributed by atoms with Gasteiger partial charge in [-0.3, -0.25) is 0 Å². The third-order valence-electron chi connectivity index (χ3n) is 3.31. The highest BCUT2D eigenvalue weighted by molar-refractivity contribution is 5.43. The largest absolute Gasteiger partial charge is 0.354 e. The molecule has 0 aromatic carbocycles. The van der Waals surface area contributed by atoms with Crippen molar-refractivity contribution in [2.24, 2.45) is 0 Å². The summed E-state index contributed by atoms with van der Waals surface area (Å²) in [5.74, 6) is 1.16. The van der Waals surface area contributed by atoms with Gasteiger partial charge in [0.25, 0.3) is 0 Å². The van der Waals surface area contributed by atoms with E-state index >= 15 is 0 Å². The summed E-state index contributed by atoms with van der Waals surface area (Å²) in [4.78, 5) is 7.02. The average Bonchev–Trinajstić information content (AvgIpc) is 3.21. The van der Waals surface area contributed by atoms with Crippen LogP contribution in [0.25, 0.3) is 0 Å². The summed E-state index contributed by atoms with van der Waals surface area (Å²) in [6.07, 6.45) is 6.99. The monoisotopic (exact) mass is 247 g/mol. The zero-order chi connectivity index (χ0) is 12.8. The summed E-state index contributed by atoms with van der Waals surface area (Å²) in [5.41, 5.74) is 1.34. The van der Waals surface area contributed by atoms with Gasteiger partial charge in [-0.2, -0.15) is 0 Å². The maximum absolute atomic E-state index is 4.55. The van der Waals surface area contributed by atoms with Crippen LogP contribution in [0, 0.1) is 0 Å². The fraction of sp³-hybridized carbons (Fsp3) is 0.667. The molecule has 0 unspecified atom stereocenters. The first-order valence-electron chi connectivity index (χ1n) is 7.27. The fourth-order valence-electron chi connectivity index (χ4n) is 2.25. The third-order valence-corrected chi connectivity index (χ3v) is 3.31. The van der Waals surface area contributed by atoms with Crippen LogP contribution in [0.3, 0.4) is 0 Å². The molecule has 3 heteroatoms. The van der Waals surface area contributed by atoms with E-state index in [9.17, 15) is 0 Å². The van der Waals surface area contributed by atoms with Crippen molar-refractivity contribution >= 4 is 5.82 Å². The van der Waals surface area contributed by atoms with Gasteiger partial charge in [-0.05, 0) is 49.9 Å². The minimum absolute atomic E-state index is 0.747. The number of nitrogens with one attached hydrogen (secondary N) is 1. The zero-order valence-electron chi connectivity index (χ0n) is 11.7. The number of aromatic nitrogens is 1. The number of hydrogen-bond donors (Lipinski definition) is 1. The predicted molar refractivity (Wildman–Crippen MR) is 76.9 cm³/mol. The van der Waals surface area contributed by atoms with Gasteiger partial charge in [0.15, 0.2) is 0 Å². The summed E-state index contributed by atoms with van der Waals surface area (Å²) >= 11 is 0. The highest BCUT2D eigenvalue weighted by Crippen LogP contribution is 2.30. The van der Waals surface area contributed by atoms with E-state index in [0.717, 1.165) is 31.5 Å². The Morgan fingerprint density at radius 2 is 2.17 bits per heavy atom. The third kappa shape index (κ3) is 3.70. The number of anilines is 1. The second-order valence-electron chi connectivity index (χ2n) is 5.12. The van der Waals surface area contributed by atoms with Crippen molar-refractivity contribution in [3.05, 3.63) is 23.9 Å². The Labute approximate surface area is 111 Å². The number of pyridine rings is 1. The Morgan fingerprint density at radius 1 is 1.33 bits per heavy atom. The quantitative estimate of drug-likeness (QED) is 0.716. The van der Waals surface area contributed by atoms with E-state index < -0.39 is 0 Å². The average molecular weight is 247 g/mol. The summed E-state index contributed by atoms with van der Waals surface area (Å²) in [6.45, 7) is 7.60. The van der Waals surface area contributed by atoms with Crippen LogP contribution in [0.5, 0.6) is 0 Å². The van der Waals surface area contributed by atoms with Gasteiger partial charge in [0, 0.05) is 25.3 Å². The van der Waals surface area contributed by atoms with Crippen LogP contribution in [0.4, 0.5) is 5.82 Å².